The van der Waals surface area contributed by atoms with Gasteiger partial charge in [-0.3, -0.25) is 4.79 Å². The zero-order valence-corrected chi connectivity index (χ0v) is 14.6. The molecule has 126 valence electrons. The van der Waals surface area contributed by atoms with E-state index in [0.29, 0.717) is 10.7 Å². The van der Waals surface area contributed by atoms with Crippen LogP contribution in [0.2, 0.25) is 5.02 Å². The Bertz CT molecular complexity index is 829. The maximum absolute atomic E-state index is 12.0. The first-order valence-corrected chi connectivity index (χ1v) is 9.06. The van der Waals surface area contributed by atoms with Crippen molar-refractivity contribution in [1.29, 1.82) is 0 Å². The van der Waals surface area contributed by atoms with Crippen LogP contribution in [0.3, 0.4) is 0 Å². The average Bonchev–Trinajstić information content (AvgIpc) is 2.53. The Morgan fingerprint density at radius 1 is 1.08 bits per heavy atom. The number of rotatable bonds is 6. The number of hydrogen-bond donors (Lipinski definition) is 2. The Kier molecular flexibility index (Phi) is 6.14. The van der Waals surface area contributed by atoms with E-state index in [9.17, 15) is 13.2 Å². The van der Waals surface area contributed by atoms with Gasteiger partial charge in [-0.2, -0.15) is 0 Å². The first-order chi connectivity index (χ1) is 11.3. The summed E-state index contributed by atoms with van der Waals surface area (Å²) in [6, 6.07) is 13.8. The fourth-order valence-electron chi connectivity index (χ4n) is 1.88. The van der Waals surface area contributed by atoms with Crippen LogP contribution in [0.4, 0.5) is 5.69 Å². The fraction of sp³-hybridized carbons (Fsp3) is 0.118. The van der Waals surface area contributed by atoms with Gasteiger partial charge in [0.2, 0.25) is 15.9 Å². The second kappa shape index (κ2) is 8.10. The lowest BCUT2D eigenvalue weighted by Gasteiger charge is -2.05. The van der Waals surface area contributed by atoms with Crippen LogP contribution in [0.5, 0.6) is 0 Å². The average molecular weight is 365 g/mol. The number of amides is 1. The van der Waals surface area contributed by atoms with E-state index in [-0.39, 0.29) is 12.5 Å². The van der Waals surface area contributed by atoms with E-state index in [1.807, 2.05) is 0 Å². The summed E-state index contributed by atoms with van der Waals surface area (Å²) in [7, 11) is -3.55. The summed E-state index contributed by atoms with van der Waals surface area (Å²) in [5.74, 6) is -0.157. The van der Waals surface area contributed by atoms with E-state index in [1.54, 1.807) is 48.5 Å². The van der Waals surface area contributed by atoms with Crippen molar-refractivity contribution in [3.8, 4) is 0 Å². The molecule has 2 aromatic carbocycles. The van der Waals surface area contributed by atoms with E-state index >= 15 is 0 Å². The minimum Gasteiger partial charge on any atom is -0.326 e. The van der Waals surface area contributed by atoms with Crippen molar-refractivity contribution in [1.82, 2.24) is 4.72 Å². The first-order valence-electron chi connectivity index (χ1n) is 7.14. The Morgan fingerprint density at radius 3 is 2.29 bits per heavy atom. The highest BCUT2D eigenvalue weighted by molar-refractivity contribution is 7.92. The van der Waals surface area contributed by atoms with Gasteiger partial charge in [0.15, 0.2) is 0 Å². The van der Waals surface area contributed by atoms with Crippen molar-refractivity contribution in [3.05, 3.63) is 70.1 Å². The summed E-state index contributed by atoms with van der Waals surface area (Å²) < 4.78 is 26.4. The normalized spacial score (nSPS) is 11.6. The molecule has 1 amide bonds. The zero-order valence-electron chi connectivity index (χ0n) is 13.0. The molecule has 0 saturated carbocycles. The van der Waals surface area contributed by atoms with Gasteiger partial charge in [-0.25, -0.2) is 13.1 Å². The Labute approximate surface area is 146 Å². The molecule has 24 heavy (non-hydrogen) atoms. The summed E-state index contributed by atoms with van der Waals surface area (Å²) in [5.41, 5.74) is 2.19. The van der Waals surface area contributed by atoms with Gasteiger partial charge in [0.25, 0.3) is 0 Å². The van der Waals surface area contributed by atoms with Gasteiger partial charge in [0.1, 0.15) is 0 Å². The maximum Gasteiger partial charge on any atom is 0.234 e. The number of halogens is 1. The molecule has 2 aromatic rings. The zero-order chi connectivity index (χ0) is 17.6. The predicted molar refractivity (Wildman–Crippen MR) is 97.0 cm³/mol. The molecule has 0 atom stereocenters. The number of anilines is 1. The van der Waals surface area contributed by atoms with Crippen LogP contribution < -0.4 is 10.0 Å². The lowest BCUT2D eigenvalue weighted by atomic mass is 10.2. The van der Waals surface area contributed by atoms with Crippen molar-refractivity contribution in [2.75, 3.05) is 5.32 Å². The number of hydrogen-bond acceptors (Lipinski definition) is 3. The Morgan fingerprint density at radius 2 is 1.71 bits per heavy atom. The SMILES string of the molecule is CC(=O)Nc1ccc(CNS(=O)(=O)/C=C/c2ccc(Cl)cc2)cc1. The third kappa shape index (κ3) is 6.16. The highest BCUT2D eigenvalue weighted by atomic mass is 35.5. The molecule has 2 N–H and O–H groups in total. The predicted octanol–water partition coefficient (Wildman–Crippen LogP) is 3.39. The summed E-state index contributed by atoms with van der Waals surface area (Å²) in [6.07, 6.45) is 1.50. The van der Waals surface area contributed by atoms with Crippen molar-refractivity contribution < 1.29 is 13.2 Å². The van der Waals surface area contributed by atoms with Crippen molar-refractivity contribution >= 4 is 39.3 Å². The van der Waals surface area contributed by atoms with Gasteiger partial charge >= 0.3 is 0 Å². The molecule has 0 aliphatic heterocycles. The number of carbonyl (C=O) groups is 1. The molecule has 0 saturated heterocycles. The highest BCUT2D eigenvalue weighted by Crippen LogP contribution is 2.12. The van der Waals surface area contributed by atoms with Gasteiger partial charge in [-0.1, -0.05) is 35.9 Å². The number of benzene rings is 2. The largest absolute Gasteiger partial charge is 0.326 e. The van der Waals surface area contributed by atoms with Crippen molar-refractivity contribution in [2.24, 2.45) is 0 Å². The molecule has 7 heteroatoms. The molecule has 0 aliphatic carbocycles. The molecule has 0 aromatic heterocycles. The second-order valence-electron chi connectivity index (χ2n) is 5.10. The molecule has 0 heterocycles. The van der Waals surface area contributed by atoms with Crippen LogP contribution in [-0.2, 0) is 21.4 Å². The molecule has 0 unspecified atom stereocenters. The fourth-order valence-corrected chi connectivity index (χ4v) is 2.81. The Balaban J connectivity index is 1.94. The molecule has 2 rings (SSSR count). The molecule has 0 bridgehead atoms. The van der Waals surface area contributed by atoms with Crippen LogP contribution >= 0.6 is 11.6 Å². The molecule has 5 nitrogen and oxygen atoms in total. The quantitative estimate of drug-likeness (QED) is 0.825. The van der Waals surface area contributed by atoms with Crippen LogP contribution in [0.25, 0.3) is 6.08 Å². The van der Waals surface area contributed by atoms with Gasteiger partial charge in [0, 0.05) is 29.6 Å². The smallest absolute Gasteiger partial charge is 0.234 e. The topological polar surface area (TPSA) is 75.3 Å². The van der Waals surface area contributed by atoms with E-state index in [2.05, 4.69) is 10.0 Å². The highest BCUT2D eigenvalue weighted by Gasteiger charge is 2.05. The van der Waals surface area contributed by atoms with Gasteiger partial charge in [0.05, 0.1) is 0 Å². The van der Waals surface area contributed by atoms with E-state index in [0.717, 1.165) is 16.5 Å². The van der Waals surface area contributed by atoms with Crippen LogP contribution in [0.1, 0.15) is 18.1 Å². The van der Waals surface area contributed by atoms with Gasteiger partial charge in [-0.05, 0) is 41.5 Å². The minimum absolute atomic E-state index is 0.157. The Hall–Kier alpha value is -2.15. The summed E-state index contributed by atoms with van der Waals surface area (Å²) in [6.45, 7) is 1.59. The molecule has 0 radical (unpaired) electrons. The van der Waals surface area contributed by atoms with E-state index in [4.69, 9.17) is 11.6 Å². The molecular formula is C17H17ClN2O3S. The third-order valence-corrected chi connectivity index (χ3v) is 4.35. The summed E-state index contributed by atoms with van der Waals surface area (Å²) in [5, 5.41) is 4.35. The molecular weight excluding hydrogens is 348 g/mol. The monoisotopic (exact) mass is 364 g/mol. The van der Waals surface area contributed by atoms with Crippen molar-refractivity contribution in [2.45, 2.75) is 13.5 Å². The van der Waals surface area contributed by atoms with E-state index in [1.165, 1.54) is 13.0 Å². The standard InChI is InChI=1S/C17H17ClN2O3S/c1-13(21)20-17-8-4-15(5-9-17)12-19-24(22,23)11-10-14-2-6-16(18)7-3-14/h2-11,19H,12H2,1H3,(H,20,21)/b11-10+. The number of sulfonamides is 1. The third-order valence-electron chi connectivity index (χ3n) is 3.06. The van der Waals surface area contributed by atoms with Crippen molar-refractivity contribution in [3.63, 3.8) is 0 Å². The lowest BCUT2D eigenvalue weighted by molar-refractivity contribution is -0.114. The van der Waals surface area contributed by atoms with Gasteiger partial charge in [-0.15, -0.1) is 0 Å². The van der Waals surface area contributed by atoms with Gasteiger partial charge < -0.3 is 5.32 Å². The number of carbonyl (C=O) groups excluding carboxylic acids is 1. The summed E-state index contributed by atoms with van der Waals surface area (Å²) in [4.78, 5) is 10.9. The molecule has 0 fully saturated rings. The maximum atomic E-state index is 12.0. The van der Waals surface area contributed by atoms with Crippen LogP contribution in [0, 0.1) is 0 Å². The lowest BCUT2D eigenvalue weighted by Crippen LogP contribution is -2.20. The first kappa shape index (κ1) is 18.2. The second-order valence-corrected chi connectivity index (χ2v) is 7.19. The van der Waals surface area contributed by atoms with Crippen LogP contribution in [-0.4, -0.2) is 14.3 Å². The molecule has 0 aliphatic rings. The van der Waals surface area contributed by atoms with E-state index < -0.39 is 10.0 Å². The summed E-state index contributed by atoms with van der Waals surface area (Å²) >= 11 is 5.78. The van der Waals surface area contributed by atoms with Crippen LogP contribution in [0.15, 0.2) is 53.9 Å². The molecule has 0 spiro atoms. The number of nitrogens with one attached hydrogen (secondary N) is 2. The minimum atomic E-state index is -3.55.